The van der Waals surface area contributed by atoms with Gasteiger partial charge in [-0.1, -0.05) is 48.5 Å². The van der Waals surface area contributed by atoms with Crippen LogP contribution in [-0.2, 0) is 4.79 Å². The minimum atomic E-state index is -0.243. The summed E-state index contributed by atoms with van der Waals surface area (Å²) >= 11 is 0. The Bertz CT molecular complexity index is 1460. The number of carbonyl (C=O) groups excluding carboxylic acids is 2. The number of hydrogen-bond donors (Lipinski definition) is 3. The van der Waals surface area contributed by atoms with E-state index in [4.69, 9.17) is 0 Å². The highest BCUT2D eigenvalue weighted by molar-refractivity contribution is 6.23. The van der Waals surface area contributed by atoms with Gasteiger partial charge in [0.25, 0.3) is 5.91 Å². The fraction of sp³-hybridized carbons (Fsp3) is 0.143. The van der Waals surface area contributed by atoms with Crippen LogP contribution in [0.3, 0.4) is 0 Å². The Morgan fingerprint density at radius 1 is 0.971 bits per heavy atom. The van der Waals surface area contributed by atoms with Gasteiger partial charge in [-0.25, -0.2) is 4.98 Å². The van der Waals surface area contributed by atoms with Crippen molar-refractivity contribution in [3.8, 4) is 0 Å². The molecule has 174 valence electrons. The molecule has 0 radical (unpaired) electrons. The molecule has 5 rings (SSSR count). The fourth-order valence-corrected chi connectivity index (χ4v) is 4.15. The van der Waals surface area contributed by atoms with Crippen LogP contribution in [0.4, 0.5) is 17.2 Å². The number of nitrogens with zero attached hydrogens (tertiary/aromatic N) is 2. The lowest BCUT2D eigenvalue weighted by Crippen LogP contribution is -2.18. The number of anilines is 3. The zero-order chi connectivity index (χ0) is 24.4. The van der Waals surface area contributed by atoms with Crippen LogP contribution in [-0.4, -0.2) is 35.1 Å². The zero-order valence-electron chi connectivity index (χ0n) is 19.5. The van der Waals surface area contributed by atoms with Crippen LogP contribution in [0.1, 0.15) is 35.3 Å². The van der Waals surface area contributed by atoms with Gasteiger partial charge in [0.1, 0.15) is 12.4 Å². The molecule has 0 bridgehead atoms. The highest BCUT2D eigenvalue weighted by Crippen LogP contribution is 2.31. The molecule has 35 heavy (non-hydrogen) atoms. The molecule has 0 saturated heterocycles. The molecule has 0 saturated carbocycles. The van der Waals surface area contributed by atoms with Crippen molar-refractivity contribution in [2.45, 2.75) is 19.9 Å². The number of benzene rings is 3. The van der Waals surface area contributed by atoms with E-state index in [1.165, 1.54) is 0 Å². The van der Waals surface area contributed by atoms with Crippen LogP contribution in [0.15, 0.2) is 84.0 Å². The molecule has 1 aliphatic rings. The smallest absolute Gasteiger partial charge is 0.259 e. The van der Waals surface area contributed by atoms with Crippen molar-refractivity contribution in [1.82, 2.24) is 4.98 Å². The molecule has 0 unspecified atom stereocenters. The molecule has 4 aromatic rings. The predicted octanol–water partition coefficient (Wildman–Crippen LogP) is 5.10. The van der Waals surface area contributed by atoms with Crippen molar-refractivity contribution in [2.24, 2.45) is 4.99 Å². The average molecular weight is 464 g/mol. The Hall–Kier alpha value is -4.52. The van der Waals surface area contributed by atoms with Crippen LogP contribution >= 0.6 is 0 Å². The van der Waals surface area contributed by atoms with E-state index >= 15 is 0 Å². The second-order valence-electron chi connectivity index (χ2n) is 8.65. The summed E-state index contributed by atoms with van der Waals surface area (Å²) in [6.45, 7) is 4.04. The van der Waals surface area contributed by atoms with Crippen molar-refractivity contribution in [3.63, 3.8) is 0 Å². The van der Waals surface area contributed by atoms with Gasteiger partial charge in [-0.05, 0) is 43.5 Å². The molecule has 1 aliphatic heterocycles. The largest absolute Gasteiger partial charge is 0.367 e. The van der Waals surface area contributed by atoms with Crippen LogP contribution in [0.2, 0.25) is 0 Å². The third-order valence-corrected chi connectivity index (χ3v) is 5.72. The molecule has 2 amide bonds. The van der Waals surface area contributed by atoms with Gasteiger partial charge in [0.05, 0.1) is 17.0 Å². The number of hydrogen-bond acceptors (Lipinski definition) is 5. The van der Waals surface area contributed by atoms with E-state index in [1.54, 1.807) is 18.3 Å². The maximum absolute atomic E-state index is 12.9. The van der Waals surface area contributed by atoms with Gasteiger partial charge in [-0.15, -0.1) is 0 Å². The second kappa shape index (κ2) is 9.38. The highest BCUT2D eigenvalue weighted by atomic mass is 16.2. The van der Waals surface area contributed by atoms with Crippen LogP contribution in [0.5, 0.6) is 0 Å². The Balaban J connectivity index is 1.43. The highest BCUT2D eigenvalue weighted by Gasteiger charge is 2.20. The van der Waals surface area contributed by atoms with Gasteiger partial charge < -0.3 is 16.0 Å². The summed E-state index contributed by atoms with van der Waals surface area (Å²) in [6.07, 6.45) is 1.66. The third kappa shape index (κ3) is 4.61. The summed E-state index contributed by atoms with van der Waals surface area (Å²) in [5, 5.41) is 11.2. The van der Waals surface area contributed by atoms with Crippen LogP contribution in [0, 0.1) is 0 Å². The summed E-state index contributed by atoms with van der Waals surface area (Å²) in [4.78, 5) is 34.2. The maximum Gasteiger partial charge on any atom is 0.259 e. The molecule has 3 N–H and O–H groups in total. The van der Waals surface area contributed by atoms with Gasteiger partial charge in [0.15, 0.2) is 0 Å². The summed E-state index contributed by atoms with van der Waals surface area (Å²) < 4.78 is 0. The van der Waals surface area contributed by atoms with Gasteiger partial charge in [-0.2, -0.15) is 0 Å². The van der Waals surface area contributed by atoms with Crippen molar-refractivity contribution in [2.75, 3.05) is 22.5 Å². The van der Waals surface area contributed by atoms with E-state index in [2.05, 4.69) is 25.9 Å². The van der Waals surface area contributed by atoms with Crippen LogP contribution < -0.4 is 16.0 Å². The van der Waals surface area contributed by atoms with Crippen molar-refractivity contribution >= 4 is 45.5 Å². The van der Waals surface area contributed by atoms with E-state index in [0.29, 0.717) is 17.1 Å². The topological polar surface area (TPSA) is 95.5 Å². The summed E-state index contributed by atoms with van der Waals surface area (Å²) in [5.74, 6) is 0.154. The van der Waals surface area contributed by atoms with E-state index in [0.717, 1.165) is 33.3 Å². The standard InChI is InChI=1S/C28H25N5O2/c1-17(2)31-27-23(8-5-15-29-27)28(35)32-20-12-9-19(10-13-20)25-22-14-11-18-6-3-4-7-21(18)26(22)33-24(34)16-30-25/h3-15,17H,16H2,1-2H3,(H,29,31)(H,32,35)(H,33,34). The molecule has 3 aromatic carbocycles. The fourth-order valence-electron chi connectivity index (χ4n) is 4.15. The number of nitrogens with one attached hydrogen (secondary N) is 3. The minimum Gasteiger partial charge on any atom is -0.367 e. The molecule has 0 fully saturated rings. The number of fused-ring (bicyclic) bond motifs is 3. The molecule has 0 atom stereocenters. The lowest BCUT2D eigenvalue weighted by Gasteiger charge is -2.14. The summed E-state index contributed by atoms with van der Waals surface area (Å²) in [5.41, 5.74) is 4.36. The Morgan fingerprint density at radius 3 is 2.57 bits per heavy atom. The molecular formula is C28H25N5O2. The number of aromatic nitrogens is 1. The number of rotatable bonds is 5. The van der Waals surface area contributed by atoms with Gasteiger partial charge >= 0.3 is 0 Å². The Labute approximate surface area is 203 Å². The molecule has 2 heterocycles. The number of carbonyl (C=O) groups is 2. The SMILES string of the molecule is CC(C)Nc1ncccc1C(=O)Nc1ccc(C2=NCC(=O)Nc3c2ccc2ccccc32)cc1. The molecule has 7 heteroatoms. The zero-order valence-corrected chi connectivity index (χ0v) is 19.5. The lowest BCUT2D eigenvalue weighted by atomic mass is 9.96. The monoisotopic (exact) mass is 463 g/mol. The normalized spacial score (nSPS) is 13.0. The van der Waals surface area contributed by atoms with E-state index in [-0.39, 0.29) is 24.4 Å². The number of aliphatic imine (C=N–C) groups is 1. The van der Waals surface area contributed by atoms with Gasteiger partial charge in [-0.3, -0.25) is 14.6 Å². The molecule has 7 nitrogen and oxygen atoms in total. The first kappa shape index (κ1) is 22.3. The van der Waals surface area contributed by atoms with Crippen molar-refractivity contribution in [1.29, 1.82) is 0 Å². The second-order valence-corrected chi connectivity index (χ2v) is 8.65. The third-order valence-electron chi connectivity index (χ3n) is 5.72. The quantitative estimate of drug-likeness (QED) is 0.384. The lowest BCUT2D eigenvalue weighted by molar-refractivity contribution is -0.114. The van der Waals surface area contributed by atoms with Gasteiger partial charge in [0.2, 0.25) is 5.91 Å². The van der Waals surface area contributed by atoms with E-state index in [1.807, 2.05) is 74.5 Å². The molecule has 0 spiro atoms. The first-order valence-electron chi connectivity index (χ1n) is 11.5. The minimum absolute atomic E-state index is 0.0451. The predicted molar refractivity (Wildman–Crippen MR) is 140 cm³/mol. The Kier molecular flexibility index (Phi) is 5.97. The van der Waals surface area contributed by atoms with Crippen LogP contribution in [0.25, 0.3) is 10.8 Å². The first-order valence-corrected chi connectivity index (χ1v) is 11.5. The summed E-state index contributed by atoms with van der Waals surface area (Å²) in [6, 6.07) is 23.1. The molecular weight excluding hydrogens is 438 g/mol. The average Bonchev–Trinajstić information content (AvgIpc) is 3.03. The first-order chi connectivity index (χ1) is 17.0. The number of pyridine rings is 1. The number of amides is 2. The molecule has 1 aromatic heterocycles. The van der Waals surface area contributed by atoms with E-state index in [9.17, 15) is 9.59 Å². The van der Waals surface area contributed by atoms with Crippen molar-refractivity contribution < 1.29 is 9.59 Å². The van der Waals surface area contributed by atoms with Gasteiger partial charge in [0, 0.05) is 34.4 Å². The van der Waals surface area contributed by atoms with Crippen molar-refractivity contribution in [3.05, 3.63) is 95.7 Å². The summed E-state index contributed by atoms with van der Waals surface area (Å²) in [7, 11) is 0. The maximum atomic E-state index is 12.9. The molecule has 0 aliphatic carbocycles. The Morgan fingerprint density at radius 2 is 1.77 bits per heavy atom. The van der Waals surface area contributed by atoms with E-state index < -0.39 is 0 Å².